The van der Waals surface area contributed by atoms with Gasteiger partial charge in [-0.1, -0.05) is 54.3 Å². The molecule has 0 heterocycles. The highest BCUT2D eigenvalue weighted by atomic mass is 16.5. The average Bonchev–Trinajstić information content (AvgIpc) is 3.12. The van der Waals surface area contributed by atoms with Crippen LogP contribution in [-0.2, 0) is 16.0 Å². The van der Waals surface area contributed by atoms with Crippen molar-refractivity contribution in [2.24, 2.45) is 5.73 Å². The van der Waals surface area contributed by atoms with Gasteiger partial charge < -0.3 is 10.5 Å². The van der Waals surface area contributed by atoms with E-state index >= 15 is 0 Å². The number of nitrogens with two attached hydrogens (primary N) is 1. The molecule has 0 aliphatic heterocycles. The molecule has 27 heavy (non-hydrogen) atoms. The second kappa shape index (κ2) is 8.88. The molecule has 2 atom stereocenters. The summed E-state index contributed by atoms with van der Waals surface area (Å²) < 4.78 is 4.85. The Hall–Kier alpha value is -2.57. The summed E-state index contributed by atoms with van der Waals surface area (Å²) in [5.74, 6) is 6.51. The first kappa shape index (κ1) is 19.2. The summed E-state index contributed by atoms with van der Waals surface area (Å²) in [7, 11) is 1.40. The minimum atomic E-state index is -0.837. The van der Waals surface area contributed by atoms with Crippen LogP contribution in [0.3, 0.4) is 0 Å². The molecule has 2 unspecified atom stereocenters. The van der Waals surface area contributed by atoms with Crippen molar-refractivity contribution in [3.63, 3.8) is 0 Å². The molecular weight excluding hydrogens is 334 g/mol. The van der Waals surface area contributed by atoms with E-state index in [4.69, 9.17) is 10.5 Å². The first-order valence-corrected chi connectivity index (χ1v) is 9.61. The fourth-order valence-corrected chi connectivity index (χ4v) is 3.78. The Morgan fingerprint density at radius 3 is 2.63 bits per heavy atom. The van der Waals surface area contributed by atoms with Gasteiger partial charge in [0.25, 0.3) is 0 Å². The predicted molar refractivity (Wildman–Crippen MR) is 108 cm³/mol. The highest BCUT2D eigenvalue weighted by Gasteiger charge is 2.43. The van der Waals surface area contributed by atoms with E-state index in [0.29, 0.717) is 18.8 Å². The second-order valence-electron chi connectivity index (χ2n) is 7.35. The van der Waals surface area contributed by atoms with Crippen molar-refractivity contribution < 1.29 is 9.53 Å². The van der Waals surface area contributed by atoms with Gasteiger partial charge in [0.1, 0.15) is 5.54 Å². The zero-order chi connectivity index (χ0) is 19.1. The Kier molecular flexibility index (Phi) is 6.32. The highest BCUT2D eigenvalue weighted by Crippen LogP contribution is 2.40. The molecule has 1 aliphatic rings. The number of esters is 1. The molecule has 0 spiro atoms. The molecule has 2 aromatic carbocycles. The molecule has 1 fully saturated rings. The summed E-state index contributed by atoms with van der Waals surface area (Å²) in [6.07, 6.45) is 5.27. The fraction of sp³-hybridized carbons (Fsp3) is 0.375. The Morgan fingerprint density at radius 1 is 1.19 bits per heavy atom. The number of carbonyl (C=O) groups excluding carboxylic acids is 1. The number of carbonyl (C=O) groups is 1. The van der Waals surface area contributed by atoms with Crippen molar-refractivity contribution in [1.29, 1.82) is 0 Å². The van der Waals surface area contributed by atoms with Crippen molar-refractivity contribution in [2.45, 2.75) is 50.0 Å². The fourth-order valence-electron chi connectivity index (χ4n) is 3.78. The van der Waals surface area contributed by atoms with E-state index < -0.39 is 5.54 Å². The van der Waals surface area contributed by atoms with Gasteiger partial charge in [-0.25, -0.2) is 0 Å². The van der Waals surface area contributed by atoms with Gasteiger partial charge in [-0.05, 0) is 61.3 Å². The Labute approximate surface area is 161 Å². The third kappa shape index (κ3) is 4.99. The summed E-state index contributed by atoms with van der Waals surface area (Å²) in [5, 5.41) is 0. The lowest BCUT2D eigenvalue weighted by Crippen LogP contribution is -2.46. The lowest BCUT2D eigenvalue weighted by Gasteiger charge is -2.20. The summed E-state index contributed by atoms with van der Waals surface area (Å²) >= 11 is 0. The van der Waals surface area contributed by atoms with Gasteiger partial charge in [0.2, 0.25) is 0 Å². The third-order valence-electron chi connectivity index (χ3n) is 5.37. The molecule has 1 aliphatic carbocycles. The van der Waals surface area contributed by atoms with Gasteiger partial charge in [0.05, 0.1) is 7.11 Å². The van der Waals surface area contributed by atoms with E-state index in [1.807, 2.05) is 6.07 Å². The van der Waals surface area contributed by atoms with Crippen molar-refractivity contribution in [1.82, 2.24) is 0 Å². The van der Waals surface area contributed by atoms with Gasteiger partial charge in [-0.2, -0.15) is 0 Å². The van der Waals surface area contributed by atoms with Crippen LogP contribution in [0.25, 0.3) is 0 Å². The smallest absolute Gasteiger partial charge is 0.325 e. The summed E-state index contributed by atoms with van der Waals surface area (Å²) in [6, 6.07) is 18.9. The standard InChI is InChI=1S/C24H27NO2/c1-27-23(26)24(25)17-16-22(18-24)21-14-12-20(13-15-21)11-7-3-6-10-19-8-4-2-5-9-19/h2,4-5,8-9,12-15,22H,3,6,10,16-18,25H2,1H3. The van der Waals surface area contributed by atoms with E-state index in [0.717, 1.165) is 31.2 Å². The number of hydrogen-bond acceptors (Lipinski definition) is 3. The Bertz CT molecular complexity index is 817. The number of ether oxygens (including phenoxy) is 1. The lowest BCUT2D eigenvalue weighted by molar-refractivity contribution is -0.146. The molecule has 0 amide bonds. The molecule has 3 nitrogen and oxygen atoms in total. The number of aryl methyl sites for hydroxylation is 1. The van der Waals surface area contributed by atoms with Crippen LogP contribution in [0.15, 0.2) is 54.6 Å². The van der Waals surface area contributed by atoms with Crippen LogP contribution in [0.1, 0.15) is 54.7 Å². The maximum atomic E-state index is 11.9. The SMILES string of the molecule is COC(=O)C1(N)CCC(c2ccc(C#CCCCc3ccccc3)cc2)C1. The maximum absolute atomic E-state index is 11.9. The summed E-state index contributed by atoms with van der Waals surface area (Å²) in [6.45, 7) is 0. The normalized spacial score (nSPS) is 21.3. The monoisotopic (exact) mass is 361 g/mol. The van der Waals surface area contributed by atoms with Gasteiger partial charge in [0, 0.05) is 12.0 Å². The third-order valence-corrected chi connectivity index (χ3v) is 5.37. The molecule has 140 valence electrons. The second-order valence-corrected chi connectivity index (χ2v) is 7.35. The van der Waals surface area contributed by atoms with E-state index in [1.54, 1.807) is 0 Å². The van der Waals surface area contributed by atoms with Gasteiger partial charge in [0.15, 0.2) is 0 Å². The van der Waals surface area contributed by atoms with E-state index in [-0.39, 0.29) is 5.97 Å². The minimum Gasteiger partial charge on any atom is -0.468 e. The molecule has 0 aromatic heterocycles. The number of rotatable bonds is 5. The minimum absolute atomic E-state index is 0.303. The zero-order valence-electron chi connectivity index (χ0n) is 15.9. The predicted octanol–water partition coefficient (Wildman–Crippen LogP) is 4.20. The molecule has 2 aromatic rings. The van der Waals surface area contributed by atoms with Crippen LogP contribution >= 0.6 is 0 Å². The Morgan fingerprint density at radius 2 is 1.93 bits per heavy atom. The number of hydrogen-bond donors (Lipinski definition) is 1. The highest BCUT2D eigenvalue weighted by molar-refractivity contribution is 5.81. The quantitative estimate of drug-likeness (QED) is 0.493. The van der Waals surface area contributed by atoms with Crippen LogP contribution in [0.2, 0.25) is 0 Å². The number of benzene rings is 2. The molecular formula is C24H27NO2. The van der Waals surface area contributed by atoms with Crippen molar-refractivity contribution in [3.8, 4) is 11.8 Å². The van der Waals surface area contributed by atoms with Crippen LogP contribution in [0, 0.1) is 11.8 Å². The average molecular weight is 361 g/mol. The van der Waals surface area contributed by atoms with Crippen LogP contribution < -0.4 is 5.73 Å². The molecule has 2 N–H and O–H groups in total. The Balaban J connectivity index is 1.50. The number of methoxy groups -OCH3 is 1. The first-order chi connectivity index (χ1) is 13.1. The molecule has 3 rings (SSSR count). The maximum Gasteiger partial charge on any atom is 0.325 e. The summed E-state index contributed by atoms with van der Waals surface area (Å²) in [4.78, 5) is 11.9. The summed E-state index contributed by atoms with van der Waals surface area (Å²) in [5.41, 5.74) is 8.99. The lowest BCUT2D eigenvalue weighted by atomic mass is 9.92. The molecule has 0 saturated heterocycles. The van der Waals surface area contributed by atoms with Gasteiger partial charge >= 0.3 is 5.97 Å². The molecule has 0 radical (unpaired) electrons. The van der Waals surface area contributed by atoms with Crippen LogP contribution in [0.5, 0.6) is 0 Å². The van der Waals surface area contributed by atoms with E-state index in [2.05, 4.69) is 60.4 Å². The number of unbranched alkanes of at least 4 members (excludes halogenated alkanes) is 1. The van der Waals surface area contributed by atoms with E-state index in [1.165, 1.54) is 18.2 Å². The van der Waals surface area contributed by atoms with E-state index in [9.17, 15) is 4.79 Å². The first-order valence-electron chi connectivity index (χ1n) is 9.61. The molecule has 3 heteroatoms. The molecule has 1 saturated carbocycles. The van der Waals surface area contributed by atoms with Crippen LogP contribution in [0.4, 0.5) is 0 Å². The largest absolute Gasteiger partial charge is 0.468 e. The van der Waals surface area contributed by atoms with Crippen LogP contribution in [-0.4, -0.2) is 18.6 Å². The van der Waals surface area contributed by atoms with Crippen molar-refractivity contribution in [3.05, 3.63) is 71.3 Å². The van der Waals surface area contributed by atoms with Crippen molar-refractivity contribution >= 4 is 5.97 Å². The van der Waals surface area contributed by atoms with Crippen molar-refractivity contribution in [2.75, 3.05) is 7.11 Å². The van der Waals surface area contributed by atoms with Gasteiger partial charge in [-0.15, -0.1) is 0 Å². The van der Waals surface area contributed by atoms with Gasteiger partial charge in [-0.3, -0.25) is 4.79 Å². The molecule has 0 bridgehead atoms. The topological polar surface area (TPSA) is 52.3 Å². The zero-order valence-corrected chi connectivity index (χ0v) is 15.9.